The quantitative estimate of drug-likeness (QED) is 0.125. The summed E-state index contributed by atoms with van der Waals surface area (Å²) in [6, 6.07) is 86.3. The van der Waals surface area contributed by atoms with Gasteiger partial charge in [0.15, 0.2) is 0 Å². The molecule has 14 aromatic rings. The van der Waals surface area contributed by atoms with Gasteiger partial charge in [-0.25, -0.2) is 0 Å². The Morgan fingerprint density at radius 2 is 0.697 bits per heavy atom. The van der Waals surface area contributed by atoms with Crippen molar-refractivity contribution in [2.45, 2.75) is 0 Å². The third-order valence-corrected chi connectivity index (χ3v) is 14.0. The zero-order chi connectivity index (χ0) is 43.3. The molecule has 0 unspecified atom stereocenters. The van der Waals surface area contributed by atoms with Crippen molar-refractivity contribution < 1.29 is 4.42 Å². The van der Waals surface area contributed by atoms with Gasteiger partial charge in [-0.2, -0.15) is 0 Å². The summed E-state index contributed by atoms with van der Waals surface area (Å²) < 4.78 is 9.43. The molecule has 0 aliphatic rings. The van der Waals surface area contributed by atoms with Gasteiger partial charge in [-0.3, -0.25) is 0 Å². The second kappa shape index (κ2) is 14.4. The third kappa shape index (κ3) is 5.49. The molecule has 2 nitrogen and oxygen atoms in total. The number of furan rings is 1. The van der Waals surface area contributed by atoms with Gasteiger partial charge in [0.05, 0.1) is 11.0 Å². The first kappa shape index (κ1) is 36.7. The van der Waals surface area contributed by atoms with Crippen LogP contribution in [0.4, 0.5) is 0 Å². The highest BCUT2D eigenvalue weighted by molar-refractivity contribution is 6.22. The molecule has 0 amide bonds. The van der Waals surface area contributed by atoms with Gasteiger partial charge < -0.3 is 8.98 Å². The van der Waals surface area contributed by atoms with Crippen LogP contribution < -0.4 is 0 Å². The van der Waals surface area contributed by atoms with E-state index in [1.165, 1.54) is 87.1 Å². The van der Waals surface area contributed by atoms with Crippen LogP contribution in [-0.4, -0.2) is 4.57 Å². The van der Waals surface area contributed by atoms with Crippen LogP contribution in [0, 0.1) is 0 Å². The van der Waals surface area contributed by atoms with Gasteiger partial charge in [0, 0.05) is 38.4 Å². The van der Waals surface area contributed by atoms with Gasteiger partial charge in [0.25, 0.3) is 0 Å². The van der Waals surface area contributed by atoms with Crippen molar-refractivity contribution in [1.82, 2.24) is 4.57 Å². The number of para-hydroxylation sites is 3. The molecule has 0 N–H and O–H groups in total. The summed E-state index contributed by atoms with van der Waals surface area (Å²) in [6.07, 6.45) is 0. The first-order valence-electron chi connectivity index (χ1n) is 22.7. The first-order valence-corrected chi connectivity index (χ1v) is 22.7. The number of rotatable bonds is 5. The van der Waals surface area contributed by atoms with E-state index >= 15 is 0 Å². The van der Waals surface area contributed by atoms with Gasteiger partial charge in [0.1, 0.15) is 11.2 Å². The van der Waals surface area contributed by atoms with Gasteiger partial charge in [-0.05, 0) is 113 Å². The highest BCUT2D eigenvalue weighted by Gasteiger charge is 2.20. The first-order chi connectivity index (χ1) is 32.7. The lowest BCUT2D eigenvalue weighted by Gasteiger charge is -2.18. The van der Waals surface area contributed by atoms with Gasteiger partial charge in [0.2, 0.25) is 0 Å². The molecule has 0 fully saturated rings. The molecule has 0 spiro atoms. The molecular weight excluding hydrogens is 799 g/mol. The summed E-state index contributed by atoms with van der Waals surface area (Å²) in [5.74, 6) is 0. The molecule has 0 radical (unpaired) electrons. The maximum atomic E-state index is 7.02. The summed E-state index contributed by atoms with van der Waals surface area (Å²) >= 11 is 0. The molecular formula is C64H39NO. The molecule has 66 heavy (non-hydrogen) atoms. The predicted molar refractivity (Wildman–Crippen MR) is 280 cm³/mol. The van der Waals surface area contributed by atoms with Crippen LogP contribution >= 0.6 is 0 Å². The zero-order valence-electron chi connectivity index (χ0n) is 35.9. The van der Waals surface area contributed by atoms with E-state index in [9.17, 15) is 0 Å². The fraction of sp³-hybridized carbons (Fsp3) is 0. The second-order valence-corrected chi connectivity index (χ2v) is 17.5. The Morgan fingerprint density at radius 1 is 0.258 bits per heavy atom. The molecule has 0 aliphatic heterocycles. The maximum absolute atomic E-state index is 7.02. The zero-order valence-corrected chi connectivity index (χ0v) is 35.9. The number of hydrogen-bond acceptors (Lipinski definition) is 1. The summed E-state index contributed by atoms with van der Waals surface area (Å²) in [5.41, 5.74) is 14.7. The Kier molecular flexibility index (Phi) is 8.02. The van der Waals surface area contributed by atoms with Gasteiger partial charge >= 0.3 is 0 Å². The largest absolute Gasteiger partial charge is 0.455 e. The van der Waals surface area contributed by atoms with E-state index in [1.54, 1.807) is 0 Å². The third-order valence-electron chi connectivity index (χ3n) is 14.0. The van der Waals surface area contributed by atoms with E-state index in [0.29, 0.717) is 0 Å². The average Bonchev–Trinajstić information content (AvgIpc) is 3.94. The Labute approximate surface area is 380 Å². The van der Waals surface area contributed by atoms with Crippen LogP contribution in [-0.2, 0) is 0 Å². The fourth-order valence-electron chi connectivity index (χ4n) is 11.0. The number of hydrogen-bond donors (Lipinski definition) is 0. The Bertz CT molecular complexity index is 4210. The normalized spacial score (nSPS) is 11.9. The van der Waals surface area contributed by atoms with E-state index in [2.05, 4.69) is 241 Å². The van der Waals surface area contributed by atoms with Crippen LogP contribution in [0.3, 0.4) is 0 Å². The Hall–Kier alpha value is -8.72. The summed E-state index contributed by atoms with van der Waals surface area (Å²) in [5, 5.41) is 14.7. The minimum Gasteiger partial charge on any atom is -0.455 e. The summed E-state index contributed by atoms with van der Waals surface area (Å²) in [4.78, 5) is 0. The molecule has 2 heterocycles. The van der Waals surface area contributed by atoms with Gasteiger partial charge in [-0.1, -0.05) is 200 Å². The van der Waals surface area contributed by atoms with E-state index < -0.39 is 0 Å². The topological polar surface area (TPSA) is 18.1 Å². The lowest BCUT2D eigenvalue weighted by atomic mass is 9.86. The Balaban J connectivity index is 0.892. The van der Waals surface area contributed by atoms with Crippen LogP contribution in [0.1, 0.15) is 0 Å². The molecule has 14 rings (SSSR count). The average molecular weight is 838 g/mol. The van der Waals surface area contributed by atoms with Crippen LogP contribution in [0.2, 0.25) is 0 Å². The molecule has 0 bridgehead atoms. The lowest BCUT2D eigenvalue weighted by molar-refractivity contribution is 0.671. The van der Waals surface area contributed by atoms with Crippen LogP contribution in [0.15, 0.2) is 241 Å². The Morgan fingerprint density at radius 3 is 1.33 bits per heavy atom. The fourth-order valence-corrected chi connectivity index (χ4v) is 11.0. The number of benzene rings is 12. The smallest absolute Gasteiger partial charge is 0.143 e. The molecule has 0 saturated carbocycles. The molecule has 306 valence electrons. The van der Waals surface area contributed by atoms with Crippen molar-refractivity contribution in [1.29, 1.82) is 0 Å². The highest BCUT2D eigenvalue weighted by atomic mass is 16.3. The van der Waals surface area contributed by atoms with Crippen molar-refractivity contribution in [2.75, 3.05) is 0 Å². The van der Waals surface area contributed by atoms with Crippen molar-refractivity contribution in [3.8, 4) is 50.2 Å². The maximum Gasteiger partial charge on any atom is 0.143 e. The number of fused-ring (bicyclic) bond motifs is 11. The molecule has 0 aliphatic carbocycles. The second-order valence-electron chi connectivity index (χ2n) is 17.5. The minimum atomic E-state index is 0.904. The van der Waals surface area contributed by atoms with Crippen LogP contribution in [0.25, 0.3) is 137 Å². The molecule has 0 saturated heterocycles. The monoisotopic (exact) mass is 837 g/mol. The summed E-state index contributed by atoms with van der Waals surface area (Å²) in [7, 11) is 0. The van der Waals surface area contributed by atoms with Crippen molar-refractivity contribution in [3.63, 3.8) is 0 Å². The van der Waals surface area contributed by atoms with Crippen LogP contribution in [0.5, 0.6) is 0 Å². The lowest BCUT2D eigenvalue weighted by Crippen LogP contribution is -1.94. The summed E-state index contributed by atoms with van der Waals surface area (Å²) in [6.45, 7) is 0. The predicted octanol–water partition coefficient (Wildman–Crippen LogP) is 18.0. The SMILES string of the molecule is c1ccc(-c2c3ccccc3c(-c3ccc(-n4c5ccccc5c5cc(-c6cccc7c6oc6c(-c8ccc9ccc%10ccccc%10c9c8)cccc67)ccc54)cc3)c3ccccc23)cc1. The van der Waals surface area contributed by atoms with E-state index in [4.69, 9.17) is 4.42 Å². The van der Waals surface area contributed by atoms with Crippen molar-refractivity contribution >= 4 is 86.8 Å². The number of aromatic nitrogens is 1. The molecule has 2 aromatic heterocycles. The molecule has 12 aromatic carbocycles. The van der Waals surface area contributed by atoms with E-state index in [0.717, 1.165) is 49.9 Å². The molecule has 0 atom stereocenters. The number of nitrogens with zero attached hydrogens (tertiary/aromatic N) is 1. The standard InChI is InChI=1S/C64H39NO/c1-2-15-42(16-3-1)61-51-19-6-8-21-53(51)62(54-22-9-7-20-52(54)61)43-32-35-46(36-33-43)65-59-27-11-10-18-50(59)58-39-45(34-37-60(58)65)49-24-13-26-56-55-25-12-23-48(63(55)66-64(49)56)44-31-30-41-29-28-40-14-4-5-17-47(40)57(41)38-44/h1-39H. The molecule has 2 heteroatoms. The van der Waals surface area contributed by atoms with Gasteiger partial charge in [-0.15, -0.1) is 0 Å². The van der Waals surface area contributed by atoms with E-state index in [1.807, 2.05) is 0 Å². The highest BCUT2D eigenvalue weighted by Crippen LogP contribution is 2.45. The van der Waals surface area contributed by atoms with E-state index in [-0.39, 0.29) is 0 Å². The van der Waals surface area contributed by atoms with Crippen molar-refractivity contribution in [2.24, 2.45) is 0 Å². The van der Waals surface area contributed by atoms with Crippen molar-refractivity contribution in [3.05, 3.63) is 237 Å². The minimum absolute atomic E-state index is 0.904.